The summed E-state index contributed by atoms with van der Waals surface area (Å²) in [4.78, 5) is 17.1. The van der Waals surface area contributed by atoms with Gasteiger partial charge in [-0.2, -0.15) is 5.26 Å². The third-order valence-electron chi connectivity index (χ3n) is 6.60. The van der Waals surface area contributed by atoms with E-state index in [4.69, 9.17) is 16.3 Å². The Bertz CT molecular complexity index is 1310. The maximum Gasteiger partial charge on any atom is 0.229 e. The fourth-order valence-corrected chi connectivity index (χ4v) is 5.79. The van der Waals surface area contributed by atoms with Crippen LogP contribution >= 0.6 is 23.4 Å². The molecule has 2 aliphatic rings. The number of hydrogen-bond donors (Lipinski definition) is 0. The first-order valence-electron chi connectivity index (χ1n) is 11.9. The number of aryl methyl sites for hydroxylation is 1. The molecule has 0 radical (unpaired) electrons. The molecule has 2 aliphatic heterocycles. The van der Waals surface area contributed by atoms with E-state index in [1.54, 1.807) is 16.7 Å². The van der Waals surface area contributed by atoms with Gasteiger partial charge in [0.25, 0.3) is 0 Å². The van der Waals surface area contributed by atoms with Crippen LogP contribution in [0, 0.1) is 11.3 Å². The molecule has 0 N–H and O–H groups in total. The highest BCUT2D eigenvalue weighted by atomic mass is 35.5. The number of benzene rings is 3. The molecule has 1 fully saturated rings. The summed E-state index contributed by atoms with van der Waals surface area (Å²) in [5, 5.41) is 11.5. The standard InChI is InChI=1S/C29H26ClN3O2S/c1-2-20-5-11-24(12-6-20)32-18-33-28(34)15-26(27(16-31)29(33)36-19-32)22-7-13-25(14-8-22)35-17-21-3-9-23(30)10-4-21/h3-14,26H,2,15,17-19H2,1H3. The second-order valence-corrected chi connectivity index (χ2v) is 10.2. The molecule has 5 rings (SSSR count). The molecule has 36 heavy (non-hydrogen) atoms. The van der Waals surface area contributed by atoms with E-state index in [1.165, 1.54) is 5.56 Å². The van der Waals surface area contributed by atoms with Crippen molar-refractivity contribution in [3.8, 4) is 11.8 Å². The average Bonchev–Trinajstić information content (AvgIpc) is 2.93. The van der Waals surface area contributed by atoms with Crippen molar-refractivity contribution in [3.63, 3.8) is 0 Å². The van der Waals surface area contributed by atoms with E-state index in [1.807, 2.05) is 48.5 Å². The van der Waals surface area contributed by atoms with Gasteiger partial charge >= 0.3 is 0 Å². The summed E-state index contributed by atoms with van der Waals surface area (Å²) >= 11 is 7.50. The van der Waals surface area contributed by atoms with E-state index in [-0.39, 0.29) is 18.2 Å². The lowest BCUT2D eigenvalue weighted by molar-refractivity contribution is -0.129. The van der Waals surface area contributed by atoms with Gasteiger partial charge in [0.2, 0.25) is 5.91 Å². The van der Waals surface area contributed by atoms with Crippen LogP contribution in [0.25, 0.3) is 0 Å². The average molecular weight is 516 g/mol. The van der Waals surface area contributed by atoms with Gasteiger partial charge in [-0.1, -0.05) is 66.7 Å². The van der Waals surface area contributed by atoms with Crippen molar-refractivity contribution in [1.82, 2.24) is 4.90 Å². The van der Waals surface area contributed by atoms with Crippen LogP contribution < -0.4 is 9.64 Å². The molecule has 3 aromatic rings. The van der Waals surface area contributed by atoms with Crippen LogP contribution in [0.2, 0.25) is 5.02 Å². The van der Waals surface area contributed by atoms with Crippen LogP contribution in [-0.2, 0) is 17.8 Å². The third-order valence-corrected chi connectivity index (χ3v) is 8.01. The zero-order valence-electron chi connectivity index (χ0n) is 20.0. The van der Waals surface area contributed by atoms with Crippen molar-refractivity contribution in [3.05, 3.63) is 105 Å². The lowest BCUT2D eigenvalue weighted by Crippen LogP contribution is -2.47. The molecule has 7 heteroatoms. The Morgan fingerprint density at radius 3 is 2.39 bits per heavy atom. The number of ether oxygens (including phenoxy) is 1. The number of anilines is 1. The van der Waals surface area contributed by atoms with Crippen molar-refractivity contribution >= 4 is 35.0 Å². The van der Waals surface area contributed by atoms with E-state index in [2.05, 4.69) is 42.2 Å². The Balaban J connectivity index is 1.30. The van der Waals surface area contributed by atoms with Crippen LogP contribution in [-0.4, -0.2) is 23.4 Å². The highest BCUT2D eigenvalue weighted by Gasteiger charge is 2.38. The number of fused-ring (bicyclic) bond motifs is 1. The van der Waals surface area contributed by atoms with E-state index in [0.717, 1.165) is 34.0 Å². The summed E-state index contributed by atoms with van der Waals surface area (Å²) in [6.07, 6.45) is 1.27. The zero-order chi connectivity index (χ0) is 25.1. The van der Waals surface area contributed by atoms with Crippen molar-refractivity contribution < 1.29 is 9.53 Å². The molecule has 1 saturated heterocycles. The topological polar surface area (TPSA) is 56.6 Å². The molecule has 1 unspecified atom stereocenters. The molecular weight excluding hydrogens is 490 g/mol. The molecule has 0 aliphatic carbocycles. The summed E-state index contributed by atoms with van der Waals surface area (Å²) in [6.45, 7) is 3.04. The first kappa shape index (κ1) is 24.3. The molecule has 0 aromatic heterocycles. The summed E-state index contributed by atoms with van der Waals surface area (Å²) in [5.41, 5.74) is 5.01. The Morgan fingerprint density at radius 1 is 1.03 bits per heavy atom. The van der Waals surface area contributed by atoms with E-state index in [9.17, 15) is 10.1 Å². The van der Waals surface area contributed by atoms with Crippen molar-refractivity contribution in [2.24, 2.45) is 0 Å². The number of nitriles is 1. The second kappa shape index (κ2) is 10.7. The molecule has 182 valence electrons. The predicted molar refractivity (Wildman–Crippen MR) is 145 cm³/mol. The van der Waals surface area contributed by atoms with Crippen molar-refractivity contribution in [2.45, 2.75) is 32.3 Å². The molecule has 2 heterocycles. The van der Waals surface area contributed by atoms with E-state index >= 15 is 0 Å². The van der Waals surface area contributed by atoms with Crippen LogP contribution in [0.1, 0.15) is 36.0 Å². The zero-order valence-corrected chi connectivity index (χ0v) is 21.6. The minimum atomic E-state index is -0.248. The van der Waals surface area contributed by atoms with Crippen molar-refractivity contribution in [1.29, 1.82) is 5.26 Å². The second-order valence-electron chi connectivity index (χ2n) is 8.87. The van der Waals surface area contributed by atoms with Gasteiger partial charge in [-0.3, -0.25) is 9.69 Å². The van der Waals surface area contributed by atoms with Gasteiger partial charge in [0, 0.05) is 23.0 Å². The number of nitrogens with zero attached hydrogens (tertiary/aromatic N) is 3. The first-order valence-corrected chi connectivity index (χ1v) is 13.3. The van der Waals surface area contributed by atoms with Gasteiger partial charge in [-0.25, -0.2) is 0 Å². The highest BCUT2D eigenvalue weighted by molar-refractivity contribution is 8.03. The van der Waals surface area contributed by atoms with E-state index < -0.39 is 0 Å². The number of thioether (sulfide) groups is 1. The maximum absolute atomic E-state index is 13.2. The number of amides is 1. The van der Waals surface area contributed by atoms with Gasteiger partial charge in [0.1, 0.15) is 12.4 Å². The summed E-state index contributed by atoms with van der Waals surface area (Å²) in [6, 6.07) is 26.1. The minimum Gasteiger partial charge on any atom is -0.489 e. The number of carbonyl (C=O) groups excluding carboxylic acids is 1. The summed E-state index contributed by atoms with van der Waals surface area (Å²) in [5.74, 6) is 1.22. The van der Waals surface area contributed by atoms with Crippen LogP contribution in [0.5, 0.6) is 5.75 Å². The summed E-state index contributed by atoms with van der Waals surface area (Å²) < 4.78 is 5.90. The number of hydrogen-bond acceptors (Lipinski definition) is 5. The molecular formula is C29H26ClN3O2S. The molecule has 1 atom stereocenters. The number of halogens is 1. The van der Waals surface area contributed by atoms with E-state index in [0.29, 0.717) is 29.7 Å². The number of carbonyl (C=O) groups is 1. The quantitative estimate of drug-likeness (QED) is 0.365. The van der Waals surface area contributed by atoms with Gasteiger partial charge < -0.3 is 9.64 Å². The monoisotopic (exact) mass is 515 g/mol. The van der Waals surface area contributed by atoms with Crippen molar-refractivity contribution in [2.75, 3.05) is 17.4 Å². The van der Waals surface area contributed by atoms with Gasteiger partial charge in [-0.15, -0.1) is 0 Å². The fraction of sp³-hybridized carbons (Fsp3) is 0.241. The Labute approximate surface area is 220 Å². The number of rotatable bonds is 6. The van der Waals surface area contributed by atoms with Gasteiger partial charge in [0.05, 0.1) is 29.2 Å². The van der Waals surface area contributed by atoms with Crippen LogP contribution in [0.4, 0.5) is 5.69 Å². The summed E-state index contributed by atoms with van der Waals surface area (Å²) in [7, 11) is 0. The lowest BCUT2D eigenvalue weighted by atomic mass is 9.86. The highest BCUT2D eigenvalue weighted by Crippen LogP contribution is 2.43. The maximum atomic E-state index is 13.2. The molecule has 3 aromatic carbocycles. The fourth-order valence-electron chi connectivity index (χ4n) is 4.50. The van der Waals surface area contributed by atoms with Gasteiger partial charge in [0.15, 0.2) is 0 Å². The lowest BCUT2D eigenvalue weighted by Gasteiger charge is -2.42. The smallest absolute Gasteiger partial charge is 0.229 e. The largest absolute Gasteiger partial charge is 0.489 e. The third kappa shape index (κ3) is 5.09. The minimum absolute atomic E-state index is 0.0412. The molecule has 0 bridgehead atoms. The predicted octanol–water partition coefficient (Wildman–Crippen LogP) is 6.70. The molecule has 1 amide bonds. The van der Waals surface area contributed by atoms with Crippen LogP contribution in [0.15, 0.2) is 83.4 Å². The first-order chi connectivity index (χ1) is 17.6. The van der Waals surface area contributed by atoms with Gasteiger partial charge in [-0.05, 0) is 59.5 Å². The molecule has 0 saturated carbocycles. The Hall–Kier alpha value is -3.40. The Morgan fingerprint density at radius 2 is 1.72 bits per heavy atom. The number of allylic oxidation sites excluding steroid dienone is 1. The SMILES string of the molecule is CCc1ccc(N2CSC3=C(C#N)C(c4ccc(OCc5ccc(Cl)cc5)cc4)CC(=O)N3C2)cc1. The Kier molecular flexibility index (Phi) is 7.22. The normalized spacial score (nSPS) is 17.6. The van der Waals surface area contributed by atoms with Crippen LogP contribution in [0.3, 0.4) is 0 Å². The molecule has 0 spiro atoms. The molecule has 5 nitrogen and oxygen atoms in total.